The standard InChI is InChI=1S/C7H11F2N/c8-7(9)3-6-2-1-5(7)4-10-6/h5-6,10H,1-4H2/t5-,6-/m0/s1. The second kappa shape index (κ2) is 1.91. The van der Waals surface area contributed by atoms with Gasteiger partial charge in [0.2, 0.25) is 0 Å². The number of fused-ring (bicyclic) bond motifs is 3. The zero-order chi connectivity index (χ0) is 7.19. The smallest absolute Gasteiger partial charge is 0.253 e. The molecule has 3 fully saturated rings. The van der Waals surface area contributed by atoms with Crippen LogP contribution >= 0.6 is 0 Å². The Morgan fingerprint density at radius 1 is 1.30 bits per heavy atom. The fraction of sp³-hybridized carbons (Fsp3) is 1.00. The average molecular weight is 147 g/mol. The fourth-order valence-electron chi connectivity index (χ4n) is 1.95. The van der Waals surface area contributed by atoms with E-state index in [0.717, 1.165) is 6.42 Å². The lowest BCUT2D eigenvalue weighted by molar-refractivity contribution is -0.115. The van der Waals surface area contributed by atoms with Crippen molar-refractivity contribution in [2.75, 3.05) is 6.54 Å². The summed E-state index contributed by atoms with van der Waals surface area (Å²) < 4.78 is 25.7. The molecule has 1 saturated carbocycles. The van der Waals surface area contributed by atoms with E-state index in [1.165, 1.54) is 0 Å². The minimum Gasteiger partial charge on any atom is -0.313 e. The van der Waals surface area contributed by atoms with Crippen molar-refractivity contribution in [1.29, 1.82) is 0 Å². The van der Waals surface area contributed by atoms with E-state index in [1.807, 2.05) is 0 Å². The van der Waals surface area contributed by atoms with Crippen LogP contribution in [0.1, 0.15) is 19.3 Å². The molecule has 2 heterocycles. The summed E-state index contributed by atoms with van der Waals surface area (Å²) in [4.78, 5) is 0. The zero-order valence-corrected chi connectivity index (χ0v) is 5.74. The molecule has 3 aliphatic rings. The summed E-state index contributed by atoms with van der Waals surface area (Å²) in [5.41, 5.74) is 0. The van der Waals surface area contributed by atoms with E-state index >= 15 is 0 Å². The Balaban J connectivity index is 2.15. The lowest BCUT2D eigenvalue weighted by Gasteiger charge is -2.42. The fourth-order valence-corrected chi connectivity index (χ4v) is 1.95. The Morgan fingerprint density at radius 2 is 2.10 bits per heavy atom. The molecule has 3 heteroatoms. The molecule has 2 atom stereocenters. The molecule has 0 spiro atoms. The molecule has 0 aromatic rings. The first-order valence-electron chi connectivity index (χ1n) is 3.80. The molecule has 0 radical (unpaired) electrons. The molecule has 0 amide bonds. The van der Waals surface area contributed by atoms with Crippen molar-refractivity contribution in [2.45, 2.75) is 31.2 Å². The van der Waals surface area contributed by atoms with Gasteiger partial charge in [0.05, 0.1) is 0 Å². The highest BCUT2D eigenvalue weighted by Crippen LogP contribution is 2.41. The molecular weight excluding hydrogens is 136 g/mol. The van der Waals surface area contributed by atoms with Gasteiger partial charge in [0.15, 0.2) is 0 Å². The summed E-state index contributed by atoms with van der Waals surface area (Å²) in [5, 5.41) is 3.09. The number of nitrogens with one attached hydrogen (secondary N) is 1. The highest BCUT2D eigenvalue weighted by Gasteiger charge is 2.48. The van der Waals surface area contributed by atoms with Crippen LogP contribution in [0.2, 0.25) is 0 Å². The monoisotopic (exact) mass is 147 g/mol. The lowest BCUT2D eigenvalue weighted by Crippen LogP contribution is -2.54. The summed E-state index contributed by atoms with van der Waals surface area (Å²) in [7, 11) is 0. The first-order valence-corrected chi connectivity index (χ1v) is 3.80. The maximum atomic E-state index is 12.9. The van der Waals surface area contributed by atoms with Gasteiger partial charge in [0.1, 0.15) is 0 Å². The van der Waals surface area contributed by atoms with E-state index in [4.69, 9.17) is 0 Å². The molecule has 2 bridgehead atoms. The number of piperidine rings is 2. The molecule has 1 aliphatic carbocycles. The summed E-state index contributed by atoms with van der Waals surface area (Å²) in [6.07, 6.45) is 1.72. The van der Waals surface area contributed by atoms with Gasteiger partial charge in [-0.25, -0.2) is 8.78 Å². The molecule has 0 aromatic carbocycles. The highest BCUT2D eigenvalue weighted by molar-refractivity contribution is 4.95. The molecule has 0 unspecified atom stereocenters. The van der Waals surface area contributed by atoms with Gasteiger partial charge in [0, 0.05) is 24.9 Å². The third-order valence-corrected chi connectivity index (χ3v) is 2.63. The van der Waals surface area contributed by atoms with Crippen LogP contribution in [0, 0.1) is 5.92 Å². The van der Waals surface area contributed by atoms with Crippen molar-refractivity contribution in [3.8, 4) is 0 Å². The van der Waals surface area contributed by atoms with Crippen LogP contribution in [-0.2, 0) is 0 Å². The van der Waals surface area contributed by atoms with E-state index in [0.29, 0.717) is 13.0 Å². The highest BCUT2D eigenvalue weighted by atomic mass is 19.3. The Labute approximate surface area is 58.8 Å². The van der Waals surface area contributed by atoms with E-state index in [1.54, 1.807) is 0 Å². The topological polar surface area (TPSA) is 12.0 Å². The number of hydrogen-bond donors (Lipinski definition) is 1. The van der Waals surface area contributed by atoms with Crippen LogP contribution in [0.15, 0.2) is 0 Å². The van der Waals surface area contributed by atoms with Gasteiger partial charge in [-0.1, -0.05) is 0 Å². The van der Waals surface area contributed by atoms with Crippen LogP contribution in [0.25, 0.3) is 0 Å². The Kier molecular flexibility index (Phi) is 1.24. The van der Waals surface area contributed by atoms with Gasteiger partial charge in [0.25, 0.3) is 5.92 Å². The molecule has 1 nitrogen and oxygen atoms in total. The van der Waals surface area contributed by atoms with Gasteiger partial charge in [-0.3, -0.25) is 0 Å². The number of rotatable bonds is 0. The summed E-state index contributed by atoms with van der Waals surface area (Å²) >= 11 is 0. The third-order valence-electron chi connectivity index (χ3n) is 2.63. The molecule has 2 aliphatic heterocycles. The zero-order valence-electron chi connectivity index (χ0n) is 5.74. The molecule has 0 aromatic heterocycles. The van der Waals surface area contributed by atoms with E-state index in [2.05, 4.69) is 5.32 Å². The van der Waals surface area contributed by atoms with Crippen molar-refractivity contribution in [2.24, 2.45) is 5.92 Å². The summed E-state index contributed by atoms with van der Waals surface area (Å²) in [5.74, 6) is -2.74. The molecule has 1 N–H and O–H groups in total. The van der Waals surface area contributed by atoms with Crippen molar-refractivity contribution in [1.82, 2.24) is 5.32 Å². The van der Waals surface area contributed by atoms with Crippen LogP contribution in [0.4, 0.5) is 8.78 Å². The molecule has 2 saturated heterocycles. The van der Waals surface area contributed by atoms with Crippen LogP contribution in [-0.4, -0.2) is 18.5 Å². The number of alkyl halides is 2. The van der Waals surface area contributed by atoms with E-state index in [-0.39, 0.29) is 18.4 Å². The molecule has 3 rings (SSSR count). The van der Waals surface area contributed by atoms with Gasteiger partial charge in [-0.15, -0.1) is 0 Å². The lowest BCUT2D eigenvalue weighted by atomic mass is 9.78. The predicted molar refractivity (Wildman–Crippen MR) is 34.1 cm³/mol. The Hall–Kier alpha value is -0.180. The SMILES string of the molecule is FC1(F)C[C@@H]2CC[C@H]1CN2. The first-order chi connectivity index (χ1) is 4.68. The van der Waals surface area contributed by atoms with Gasteiger partial charge in [-0.05, 0) is 12.8 Å². The minimum absolute atomic E-state index is 0.0671. The van der Waals surface area contributed by atoms with Crippen LogP contribution in [0.5, 0.6) is 0 Å². The maximum Gasteiger partial charge on any atom is 0.253 e. The second-order valence-corrected chi connectivity index (χ2v) is 3.34. The summed E-state index contributed by atoms with van der Waals surface area (Å²) in [6, 6.07) is 0.0972. The average Bonchev–Trinajstić information content (AvgIpc) is 1.87. The largest absolute Gasteiger partial charge is 0.313 e. The third kappa shape index (κ3) is 0.839. The van der Waals surface area contributed by atoms with Gasteiger partial charge in [-0.2, -0.15) is 0 Å². The number of halogens is 2. The second-order valence-electron chi connectivity index (χ2n) is 3.34. The predicted octanol–water partition coefficient (Wildman–Crippen LogP) is 1.39. The summed E-state index contributed by atoms with van der Waals surface area (Å²) in [6.45, 7) is 0.525. The number of hydrogen-bond acceptors (Lipinski definition) is 1. The molecular formula is C7H11F2N. The normalized spacial score (nSPS) is 43.8. The van der Waals surface area contributed by atoms with Crippen molar-refractivity contribution >= 4 is 0 Å². The van der Waals surface area contributed by atoms with Crippen molar-refractivity contribution in [3.63, 3.8) is 0 Å². The van der Waals surface area contributed by atoms with Crippen LogP contribution in [0.3, 0.4) is 0 Å². The van der Waals surface area contributed by atoms with Crippen molar-refractivity contribution < 1.29 is 8.78 Å². The minimum atomic E-state index is -2.37. The molecule has 10 heavy (non-hydrogen) atoms. The van der Waals surface area contributed by atoms with Gasteiger partial charge >= 0.3 is 0 Å². The van der Waals surface area contributed by atoms with E-state index < -0.39 is 5.92 Å². The van der Waals surface area contributed by atoms with E-state index in [9.17, 15) is 8.78 Å². The van der Waals surface area contributed by atoms with Crippen molar-refractivity contribution in [3.05, 3.63) is 0 Å². The first kappa shape index (κ1) is 6.53. The quantitative estimate of drug-likeness (QED) is 0.546. The maximum absolute atomic E-state index is 12.9. The Bertz CT molecular complexity index is 139. The van der Waals surface area contributed by atoms with Crippen LogP contribution < -0.4 is 5.32 Å². The molecule has 58 valence electrons. The van der Waals surface area contributed by atoms with Gasteiger partial charge < -0.3 is 5.32 Å². The Morgan fingerprint density at radius 3 is 2.30 bits per heavy atom.